The lowest BCUT2D eigenvalue weighted by Gasteiger charge is -2.13. The molecule has 1 N–H and O–H groups in total. The van der Waals surface area contributed by atoms with Gasteiger partial charge >= 0.3 is 0 Å². The summed E-state index contributed by atoms with van der Waals surface area (Å²) >= 11 is 6.12. The first-order valence-corrected chi connectivity index (χ1v) is 9.61. The summed E-state index contributed by atoms with van der Waals surface area (Å²) in [6.45, 7) is 1.81. The third-order valence-corrected chi connectivity index (χ3v) is 5.22. The van der Waals surface area contributed by atoms with Crippen LogP contribution in [-0.2, 0) is 6.54 Å². The van der Waals surface area contributed by atoms with Gasteiger partial charge in [-0.2, -0.15) is 0 Å². The number of pyridine rings is 2. The maximum atomic E-state index is 14.2. The Morgan fingerprint density at radius 2 is 1.93 bits per heavy atom. The average molecular weight is 422 g/mol. The molecule has 0 radical (unpaired) electrons. The van der Waals surface area contributed by atoms with Crippen LogP contribution in [-0.4, -0.2) is 15.5 Å². The van der Waals surface area contributed by atoms with Gasteiger partial charge in [0.2, 0.25) is 0 Å². The Labute approximate surface area is 176 Å². The van der Waals surface area contributed by atoms with Gasteiger partial charge in [0.05, 0.1) is 6.54 Å². The molecule has 0 aliphatic carbocycles. The number of carbonyl (C=O) groups excluding carboxylic acids is 1. The summed E-state index contributed by atoms with van der Waals surface area (Å²) in [6.07, 6.45) is 1.55. The van der Waals surface area contributed by atoms with E-state index in [1.54, 1.807) is 54.7 Å². The molecule has 0 unspecified atom stereocenters. The molecule has 4 rings (SSSR count). The van der Waals surface area contributed by atoms with Gasteiger partial charge in [0, 0.05) is 27.9 Å². The number of halogens is 2. The van der Waals surface area contributed by atoms with E-state index < -0.39 is 17.3 Å². The van der Waals surface area contributed by atoms with Crippen LogP contribution in [0.5, 0.6) is 0 Å². The average Bonchev–Trinajstić information content (AvgIpc) is 2.74. The first-order valence-electron chi connectivity index (χ1n) is 9.23. The fourth-order valence-corrected chi connectivity index (χ4v) is 3.36. The van der Waals surface area contributed by atoms with E-state index in [4.69, 9.17) is 11.6 Å². The highest BCUT2D eigenvalue weighted by molar-refractivity contribution is 6.31. The van der Waals surface area contributed by atoms with Crippen molar-refractivity contribution >= 4 is 34.2 Å². The summed E-state index contributed by atoms with van der Waals surface area (Å²) in [6, 6.07) is 16.2. The second-order valence-corrected chi connectivity index (χ2v) is 7.28. The summed E-state index contributed by atoms with van der Waals surface area (Å²) in [5.74, 6) is -1.01. The van der Waals surface area contributed by atoms with Gasteiger partial charge in [0.1, 0.15) is 17.0 Å². The number of nitrogens with one attached hydrogen (secondary N) is 1. The largest absolute Gasteiger partial charge is 0.322 e. The van der Waals surface area contributed by atoms with Gasteiger partial charge in [-0.05, 0) is 48.9 Å². The van der Waals surface area contributed by atoms with Crippen LogP contribution in [0, 0.1) is 12.7 Å². The molecule has 0 saturated carbocycles. The van der Waals surface area contributed by atoms with Gasteiger partial charge < -0.3 is 5.32 Å². The third-order valence-electron chi connectivity index (χ3n) is 4.81. The number of benzene rings is 2. The molecular weight excluding hydrogens is 405 g/mol. The molecule has 0 fully saturated rings. The zero-order valence-electron chi connectivity index (χ0n) is 16.0. The van der Waals surface area contributed by atoms with Crippen LogP contribution in [0.25, 0.3) is 11.0 Å². The minimum Gasteiger partial charge on any atom is -0.322 e. The summed E-state index contributed by atoms with van der Waals surface area (Å²) in [4.78, 5) is 30.3. The number of nitrogens with zero attached hydrogens (tertiary/aromatic N) is 2. The zero-order chi connectivity index (χ0) is 21.3. The van der Waals surface area contributed by atoms with E-state index in [0.717, 1.165) is 5.56 Å². The molecule has 2 aromatic carbocycles. The number of rotatable bonds is 4. The molecule has 5 nitrogen and oxygen atoms in total. The van der Waals surface area contributed by atoms with Crippen molar-refractivity contribution in [3.05, 3.63) is 105 Å². The molecule has 4 aromatic rings. The van der Waals surface area contributed by atoms with Crippen LogP contribution in [0.15, 0.2) is 71.7 Å². The maximum Gasteiger partial charge on any atom is 0.265 e. The van der Waals surface area contributed by atoms with E-state index in [9.17, 15) is 14.0 Å². The lowest BCUT2D eigenvalue weighted by Crippen LogP contribution is -2.30. The van der Waals surface area contributed by atoms with Crippen LogP contribution in [0.3, 0.4) is 0 Å². The quantitative estimate of drug-likeness (QED) is 0.515. The van der Waals surface area contributed by atoms with Crippen molar-refractivity contribution in [3.63, 3.8) is 0 Å². The number of aryl methyl sites for hydroxylation is 1. The van der Waals surface area contributed by atoms with Crippen molar-refractivity contribution in [3.8, 4) is 0 Å². The predicted molar refractivity (Wildman–Crippen MR) is 116 cm³/mol. The minimum atomic E-state index is -0.576. The zero-order valence-corrected chi connectivity index (χ0v) is 16.8. The Balaban J connectivity index is 1.79. The predicted octanol–water partition coefficient (Wildman–Crippen LogP) is 4.80. The number of amides is 1. The van der Waals surface area contributed by atoms with Crippen molar-refractivity contribution in [1.29, 1.82) is 0 Å². The second-order valence-electron chi connectivity index (χ2n) is 6.88. The molecule has 1 amide bonds. The Morgan fingerprint density at radius 3 is 2.70 bits per heavy atom. The maximum absolute atomic E-state index is 14.2. The van der Waals surface area contributed by atoms with E-state index >= 15 is 0 Å². The highest BCUT2D eigenvalue weighted by Crippen LogP contribution is 2.21. The second kappa shape index (κ2) is 8.08. The lowest BCUT2D eigenvalue weighted by atomic mass is 10.1. The van der Waals surface area contributed by atoms with Gasteiger partial charge in [-0.1, -0.05) is 35.9 Å². The molecule has 30 heavy (non-hydrogen) atoms. The summed E-state index contributed by atoms with van der Waals surface area (Å²) in [7, 11) is 0. The van der Waals surface area contributed by atoms with Gasteiger partial charge in [-0.25, -0.2) is 9.37 Å². The number of anilines is 1. The lowest BCUT2D eigenvalue weighted by molar-refractivity contribution is 0.102. The summed E-state index contributed by atoms with van der Waals surface area (Å²) in [5.41, 5.74) is 1.43. The molecule has 2 aromatic heterocycles. The highest BCUT2D eigenvalue weighted by Gasteiger charge is 2.18. The molecule has 0 atom stereocenters. The normalized spacial score (nSPS) is 10.9. The molecule has 150 valence electrons. The third kappa shape index (κ3) is 3.82. The number of carbonyl (C=O) groups is 1. The van der Waals surface area contributed by atoms with E-state index in [1.165, 1.54) is 16.7 Å². The van der Waals surface area contributed by atoms with E-state index in [1.807, 2.05) is 6.92 Å². The molecule has 2 heterocycles. The van der Waals surface area contributed by atoms with Gasteiger partial charge in [0.15, 0.2) is 0 Å². The number of fused-ring (bicyclic) bond motifs is 1. The van der Waals surface area contributed by atoms with E-state index in [0.29, 0.717) is 27.3 Å². The number of hydrogen-bond acceptors (Lipinski definition) is 3. The molecule has 0 bridgehead atoms. The molecular formula is C23H17ClFN3O2. The van der Waals surface area contributed by atoms with E-state index in [2.05, 4.69) is 10.3 Å². The fourth-order valence-electron chi connectivity index (χ4n) is 3.18. The van der Waals surface area contributed by atoms with Crippen molar-refractivity contribution in [2.24, 2.45) is 0 Å². The van der Waals surface area contributed by atoms with Gasteiger partial charge in [-0.15, -0.1) is 0 Å². The first-order chi connectivity index (χ1) is 14.4. The van der Waals surface area contributed by atoms with Crippen LogP contribution >= 0.6 is 11.6 Å². The smallest absolute Gasteiger partial charge is 0.265 e. The van der Waals surface area contributed by atoms with Crippen molar-refractivity contribution in [1.82, 2.24) is 9.55 Å². The number of hydrogen-bond donors (Lipinski definition) is 1. The van der Waals surface area contributed by atoms with Gasteiger partial charge in [-0.3, -0.25) is 14.2 Å². The van der Waals surface area contributed by atoms with Crippen molar-refractivity contribution in [2.45, 2.75) is 13.5 Å². The minimum absolute atomic E-state index is 0.0451. The highest BCUT2D eigenvalue weighted by atomic mass is 35.5. The van der Waals surface area contributed by atoms with Gasteiger partial charge in [0.25, 0.3) is 11.5 Å². The monoisotopic (exact) mass is 421 g/mol. The first kappa shape index (κ1) is 19.8. The Hall–Kier alpha value is -3.51. The molecule has 0 spiro atoms. The molecule has 7 heteroatoms. The Morgan fingerprint density at radius 1 is 1.13 bits per heavy atom. The summed E-state index contributed by atoms with van der Waals surface area (Å²) in [5, 5.41) is 3.81. The van der Waals surface area contributed by atoms with Crippen LogP contribution in [0.2, 0.25) is 5.02 Å². The van der Waals surface area contributed by atoms with Crippen LogP contribution in [0.1, 0.15) is 21.5 Å². The number of aromatic nitrogens is 2. The topological polar surface area (TPSA) is 64.0 Å². The van der Waals surface area contributed by atoms with Crippen molar-refractivity contribution in [2.75, 3.05) is 5.32 Å². The SMILES string of the molecule is Cc1ccc(NC(=O)c2cc3cccnc3n(Cc3ccccc3F)c2=O)cc1Cl. The summed E-state index contributed by atoms with van der Waals surface area (Å²) < 4.78 is 15.5. The van der Waals surface area contributed by atoms with E-state index in [-0.39, 0.29) is 12.1 Å². The fraction of sp³-hybridized carbons (Fsp3) is 0.0870. The standard InChI is InChI=1S/C23H17ClFN3O2/c1-14-8-9-17(12-19(14)24)27-22(29)18-11-15-6-4-10-26-21(15)28(23(18)30)13-16-5-2-3-7-20(16)25/h2-12H,13H2,1H3,(H,27,29). The van der Waals surface area contributed by atoms with Crippen molar-refractivity contribution < 1.29 is 9.18 Å². The van der Waals surface area contributed by atoms with Crippen LogP contribution < -0.4 is 10.9 Å². The van der Waals surface area contributed by atoms with Crippen LogP contribution in [0.4, 0.5) is 10.1 Å². The Kier molecular flexibility index (Phi) is 5.33. The molecule has 0 aliphatic heterocycles. The Bertz CT molecular complexity index is 1330. The molecule has 0 saturated heterocycles. The molecule has 0 aliphatic rings.